The molecule has 3 heterocycles. The lowest BCUT2D eigenvalue weighted by atomic mass is 10.1. The number of hydrogen-bond donors (Lipinski definition) is 0. The molecule has 0 saturated heterocycles. The molecule has 1 aliphatic heterocycles. The molecule has 23 heavy (non-hydrogen) atoms. The van der Waals surface area contributed by atoms with Crippen LogP contribution in [0, 0.1) is 0 Å². The zero-order chi connectivity index (χ0) is 16.6. The summed E-state index contributed by atoms with van der Waals surface area (Å²) in [4.78, 5) is 19.3. The number of carbonyl (C=O) groups excluding carboxylic acids is 1. The normalized spacial score (nSPS) is 14.4. The molecular formula is C17H25N5O. The first-order valence-electron chi connectivity index (χ1n) is 8.37. The van der Waals surface area contributed by atoms with Crippen LogP contribution in [-0.4, -0.2) is 36.7 Å². The Hall–Kier alpha value is -2.11. The van der Waals surface area contributed by atoms with Gasteiger partial charge in [0.05, 0.1) is 24.0 Å². The van der Waals surface area contributed by atoms with Crippen LogP contribution in [0.2, 0.25) is 0 Å². The minimum atomic E-state index is 0.0507. The van der Waals surface area contributed by atoms with E-state index in [-0.39, 0.29) is 5.91 Å². The van der Waals surface area contributed by atoms with Gasteiger partial charge in [-0.25, -0.2) is 4.98 Å². The number of hydrogen-bond acceptors (Lipinski definition) is 3. The molecule has 0 bridgehead atoms. The number of nitrogens with zero attached hydrogens (tertiary/aromatic N) is 5. The summed E-state index contributed by atoms with van der Waals surface area (Å²) < 4.78 is 4.03. The maximum absolute atomic E-state index is 12.7. The van der Waals surface area contributed by atoms with E-state index < -0.39 is 0 Å². The molecule has 6 heteroatoms. The quantitative estimate of drug-likeness (QED) is 0.870. The van der Waals surface area contributed by atoms with Crippen molar-refractivity contribution in [1.29, 1.82) is 0 Å². The molecule has 0 unspecified atom stereocenters. The smallest absolute Gasteiger partial charge is 0.257 e. The van der Waals surface area contributed by atoms with Gasteiger partial charge in [-0.05, 0) is 6.42 Å². The largest absolute Gasteiger partial charge is 0.334 e. The summed E-state index contributed by atoms with van der Waals surface area (Å²) in [5.41, 5.74) is 2.97. The zero-order valence-corrected chi connectivity index (χ0v) is 14.4. The molecular weight excluding hydrogens is 290 g/mol. The van der Waals surface area contributed by atoms with Crippen LogP contribution >= 0.6 is 0 Å². The summed E-state index contributed by atoms with van der Waals surface area (Å²) >= 11 is 0. The van der Waals surface area contributed by atoms with Gasteiger partial charge in [0.15, 0.2) is 0 Å². The Kier molecular flexibility index (Phi) is 4.24. The van der Waals surface area contributed by atoms with Gasteiger partial charge in [-0.2, -0.15) is 5.10 Å². The first-order valence-corrected chi connectivity index (χ1v) is 8.37. The predicted octanol–water partition coefficient (Wildman–Crippen LogP) is 2.35. The third-order valence-corrected chi connectivity index (χ3v) is 4.43. The minimum absolute atomic E-state index is 0.0507. The molecule has 124 valence electrons. The van der Waals surface area contributed by atoms with Crippen molar-refractivity contribution in [2.75, 3.05) is 6.54 Å². The van der Waals surface area contributed by atoms with E-state index in [1.165, 1.54) is 5.69 Å². The first-order chi connectivity index (χ1) is 11.0. The summed E-state index contributed by atoms with van der Waals surface area (Å²) in [6.07, 6.45) is 5.39. The van der Waals surface area contributed by atoms with Crippen LogP contribution in [0.1, 0.15) is 60.7 Å². The van der Waals surface area contributed by atoms with E-state index in [2.05, 4.69) is 37.5 Å². The number of rotatable bonds is 4. The van der Waals surface area contributed by atoms with Gasteiger partial charge >= 0.3 is 0 Å². The minimum Gasteiger partial charge on any atom is -0.334 e. The van der Waals surface area contributed by atoms with E-state index >= 15 is 0 Å². The van der Waals surface area contributed by atoms with Crippen LogP contribution < -0.4 is 0 Å². The Morgan fingerprint density at radius 1 is 1.39 bits per heavy atom. The van der Waals surface area contributed by atoms with Gasteiger partial charge in [-0.15, -0.1) is 0 Å². The lowest BCUT2D eigenvalue weighted by molar-refractivity contribution is 0.0731. The van der Waals surface area contributed by atoms with E-state index in [4.69, 9.17) is 4.98 Å². The van der Waals surface area contributed by atoms with Gasteiger partial charge in [-0.1, -0.05) is 20.8 Å². The van der Waals surface area contributed by atoms with Crippen molar-refractivity contribution in [1.82, 2.24) is 24.2 Å². The first kappa shape index (κ1) is 15.8. The molecule has 0 radical (unpaired) electrons. The molecule has 0 aromatic carbocycles. The fourth-order valence-electron chi connectivity index (χ4n) is 3.25. The predicted molar refractivity (Wildman–Crippen MR) is 88.3 cm³/mol. The van der Waals surface area contributed by atoms with Crippen LogP contribution in [0.5, 0.6) is 0 Å². The summed E-state index contributed by atoms with van der Waals surface area (Å²) in [6, 6.07) is 0. The van der Waals surface area contributed by atoms with Crippen molar-refractivity contribution >= 4 is 5.91 Å². The molecule has 1 aliphatic rings. The van der Waals surface area contributed by atoms with Crippen LogP contribution in [0.4, 0.5) is 0 Å². The molecule has 2 aromatic rings. The van der Waals surface area contributed by atoms with Crippen LogP contribution in [0.3, 0.4) is 0 Å². The van der Waals surface area contributed by atoms with Crippen molar-refractivity contribution in [3.05, 3.63) is 35.2 Å². The van der Waals surface area contributed by atoms with Gasteiger partial charge in [0, 0.05) is 44.4 Å². The Bertz CT molecular complexity index is 713. The number of imidazole rings is 1. The van der Waals surface area contributed by atoms with E-state index in [1.54, 1.807) is 6.20 Å². The average Bonchev–Trinajstić information content (AvgIpc) is 3.12. The summed E-state index contributed by atoms with van der Waals surface area (Å²) in [7, 11) is 2.08. The second-order valence-electron chi connectivity index (χ2n) is 6.55. The Morgan fingerprint density at radius 3 is 2.87 bits per heavy atom. The van der Waals surface area contributed by atoms with Crippen LogP contribution in [0.15, 0.2) is 12.4 Å². The second kappa shape index (κ2) is 6.18. The van der Waals surface area contributed by atoms with Crippen molar-refractivity contribution < 1.29 is 4.79 Å². The SMILES string of the molecule is CCCn1cc(C(=O)N2CCc3c(nc(C(C)C)n3C)C2)cn1. The molecule has 2 aromatic heterocycles. The number of amides is 1. The molecule has 0 N–H and O–H groups in total. The standard InChI is InChI=1S/C17H25N5O/c1-5-7-22-10-13(9-18-22)17(23)21-8-6-15-14(11-21)19-16(12(2)3)20(15)4/h9-10,12H,5-8,11H2,1-4H3. The molecule has 1 amide bonds. The topological polar surface area (TPSA) is 56.0 Å². The fourth-order valence-corrected chi connectivity index (χ4v) is 3.25. The Labute approximate surface area is 137 Å². The molecule has 6 nitrogen and oxygen atoms in total. The van der Waals surface area contributed by atoms with Crippen molar-refractivity contribution in [3.63, 3.8) is 0 Å². The lowest BCUT2D eigenvalue weighted by Gasteiger charge is -2.26. The van der Waals surface area contributed by atoms with Crippen LogP contribution in [-0.2, 0) is 26.6 Å². The summed E-state index contributed by atoms with van der Waals surface area (Å²) in [5.74, 6) is 1.54. The van der Waals surface area contributed by atoms with Crippen molar-refractivity contribution in [3.8, 4) is 0 Å². The maximum Gasteiger partial charge on any atom is 0.257 e. The number of aryl methyl sites for hydroxylation is 1. The lowest BCUT2D eigenvalue weighted by Crippen LogP contribution is -2.36. The molecule has 0 atom stereocenters. The second-order valence-corrected chi connectivity index (χ2v) is 6.55. The Balaban J connectivity index is 1.78. The maximum atomic E-state index is 12.7. The molecule has 0 saturated carbocycles. The molecule has 0 aliphatic carbocycles. The molecule has 0 fully saturated rings. The van der Waals surface area contributed by atoms with E-state index in [1.807, 2.05) is 15.8 Å². The summed E-state index contributed by atoms with van der Waals surface area (Å²) in [6.45, 7) is 8.57. The van der Waals surface area contributed by atoms with E-state index in [0.29, 0.717) is 18.0 Å². The van der Waals surface area contributed by atoms with E-state index in [0.717, 1.165) is 37.4 Å². The van der Waals surface area contributed by atoms with Crippen molar-refractivity contribution in [2.45, 2.75) is 52.6 Å². The van der Waals surface area contributed by atoms with Gasteiger partial charge in [0.25, 0.3) is 5.91 Å². The molecule has 0 spiro atoms. The number of carbonyl (C=O) groups is 1. The number of aromatic nitrogens is 4. The Morgan fingerprint density at radius 2 is 2.17 bits per heavy atom. The highest BCUT2D eigenvalue weighted by molar-refractivity contribution is 5.93. The fraction of sp³-hybridized carbons (Fsp3) is 0.588. The highest BCUT2D eigenvalue weighted by Crippen LogP contribution is 2.24. The third-order valence-electron chi connectivity index (χ3n) is 4.43. The van der Waals surface area contributed by atoms with Gasteiger partial charge < -0.3 is 9.47 Å². The van der Waals surface area contributed by atoms with Gasteiger partial charge in [0.1, 0.15) is 5.82 Å². The van der Waals surface area contributed by atoms with Gasteiger partial charge in [-0.3, -0.25) is 9.48 Å². The third kappa shape index (κ3) is 2.90. The highest BCUT2D eigenvalue weighted by Gasteiger charge is 2.27. The highest BCUT2D eigenvalue weighted by atomic mass is 16.2. The van der Waals surface area contributed by atoms with Crippen LogP contribution in [0.25, 0.3) is 0 Å². The monoisotopic (exact) mass is 315 g/mol. The number of fused-ring (bicyclic) bond motifs is 1. The zero-order valence-electron chi connectivity index (χ0n) is 14.4. The summed E-state index contributed by atoms with van der Waals surface area (Å²) in [5, 5.41) is 4.26. The van der Waals surface area contributed by atoms with Crippen molar-refractivity contribution in [2.24, 2.45) is 7.05 Å². The van der Waals surface area contributed by atoms with Gasteiger partial charge in [0.2, 0.25) is 0 Å². The van der Waals surface area contributed by atoms with E-state index in [9.17, 15) is 4.79 Å². The molecule has 3 rings (SSSR count). The average molecular weight is 315 g/mol.